The molecule has 2 aliphatic heterocycles. The van der Waals surface area contributed by atoms with Gasteiger partial charge in [0.15, 0.2) is 0 Å². The highest BCUT2D eigenvalue weighted by atomic mass is 16.5. The Morgan fingerprint density at radius 1 is 1.18 bits per heavy atom. The predicted octanol–water partition coefficient (Wildman–Crippen LogP) is 2.03. The molecular weight excluding hydrogens is 354 g/mol. The first-order valence-corrected chi connectivity index (χ1v) is 10.1. The summed E-state index contributed by atoms with van der Waals surface area (Å²) in [6, 6.07) is 8.32. The summed E-state index contributed by atoms with van der Waals surface area (Å²) in [4.78, 5) is 28.5. The van der Waals surface area contributed by atoms with Crippen molar-refractivity contribution in [3.63, 3.8) is 0 Å². The molecule has 2 amide bonds. The summed E-state index contributed by atoms with van der Waals surface area (Å²) < 4.78 is 5.89. The molecule has 28 heavy (non-hydrogen) atoms. The van der Waals surface area contributed by atoms with E-state index in [0.717, 1.165) is 19.5 Å². The zero-order valence-electron chi connectivity index (χ0n) is 17.7. The highest BCUT2D eigenvalue weighted by Crippen LogP contribution is 2.25. The third kappa shape index (κ3) is 4.92. The SMILES string of the molecule is CN(C)C(=O)C[C@H]1CN2C[C@H](NC(=O)c3ccc(C(C)(C)C)cc3)C[C@H]2CO1. The van der Waals surface area contributed by atoms with Gasteiger partial charge >= 0.3 is 0 Å². The minimum atomic E-state index is -0.0643. The lowest BCUT2D eigenvalue weighted by molar-refractivity contribution is -0.134. The fourth-order valence-electron chi connectivity index (χ4n) is 3.94. The third-order valence-electron chi connectivity index (χ3n) is 5.74. The van der Waals surface area contributed by atoms with Gasteiger partial charge < -0.3 is 15.0 Å². The topological polar surface area (TPSA) is 61.9 Å². The Balaban J connectivity index is 1.53. The van der Waals surface area contributed by atoms with Crippen molar-refractivity contribution in [1.29, 1.82) is 0 Å². The molecule has 0 unspecified atom stereocenters. The largest absolute Gasteiger partial charge is 0.375 e. The van der Waals surface area contributed by atoms with E-state index in [9.17, 15) is 9.59 Å². The van der Waals surface area contributed by atoms with Crippen LogP contribution in [0.15, 0.2) is 24.3 Å². The Kier molecular flexibility index (Phi) is 6.10. The summed E-state index contributed by atoms with van der Waals surface area (Å²) in [5.41, 5.74) is 1.99. The smallest absolute Gasteiger partial charge is 0.251 e. The number of morpholine rings is 1. The van der Waals surface area contributed by atoms with Gasteiger partial charge in [0.2, 0.25) is 5.91 Å². The van der Waals surface area contributed by atoms with Gasteiger partial charge in [-0.1, -0.05) is 32.9 Å². The molecule has 3 rings (SSSR count). The second-order valence-corrected chi connectivity index (χ2v) is 9.29. The van der Waals surface area contributed by atoms with E-state index in [1.165, 1.54) is 5.56 Å². The van der Waals surface area contributed by atoms with Crippen molar-refractivity contribution >= 4 is 11.8 Å². The maximum absolute atomic E-state index is 12.6. The molecule has 3 atom stereocenters. The second-order valence-electron chi connectivity index (χ2n) is 9.29. The number of carbonyl (C=O) groups is 2. The molecule has 2 fully saturated rings. The molecule has 1 aromatic rings. The number of hydrogen-bond donors (Lipinski definition) is 1. The standard InChI is InChI=1S/C22H33N3O3/c1-22(2,3)16-8-6-15(7-9-16)21(27)23-17-10-18-14-28-19(13-25(18)12-17)11-20(26)24(4)5/h6-9,17-19H,10-14H2,1-5H3,(H,23,27)/t17-,18+,19+/m1/s1. The lowest BCUT2D eigenvalue weighted by atomic mass is 9.86. The van der Waals surface area contributed by atoms with Crippen LogP contribution in [0.3, 0.4) is 0 Å². The first-order valence-electron chi connectivity index (χ1n) is 10.1. The molecule has 0 spiro atoms. The van der Waals surface area contributed by atoms with Crippen molar-refractivity contribution in [1.82, 2.24) is 15.1 Å². The third-order valence-corrected chi connectivity index (χ3v) is 5.74. The summed E-state index contributed by atoms with van der Waals surface area (Å²) >= 11 is 0. The molecule has 2 saturated heterocycles. The van der Waals surface area contributed by atoms with Crippen molar-refractivity contribution in [3.05, 3.63) is 35.4 Å². The number of fused-ring (bicyclic) bond motifs is 1. The van der Waals surface area contributed by atoms with Crippen LogP contribution in [-0.2, 0) is 14.9 Å². The van der Waals surface area contributed by atoms with Crippen LogP contribution in [0.4, 0.5) is 0 Å². The zero-order valence-corrected chi connectivity index (χ0v) is 17.7. The highest BCUT2D eigenvalue weighted by Gasteiger charge is 2.38. The van der Waals surface area contributed by atoms with Gasteiger partial charge in [0, 0.05) is 44.8 Å². The van der Waals surface area contributed by atoms with E-state index in [2.05, 4.69) is 31.0 Å². The highest BCUT2D eigenvalue weighted by molar-refractivity contribution is 5.94. The number of rotatable bonds is 4. The van der Waals surface area contributed by atoms with E-state index in [1.54, 1.807) is 19.0 Å². The predicted molar refractivity (Wildman–Crippen MR) is 109 cm³/mol. The Morgan fingerprint density at radius 2 is 1.86 bits per heavy atom. The summed E-state index contributed by atoms with van der Waals surface area (Å²) in [7, 11) is 3.53. The Morgan fingerprint density at radius 3 is 2.46 bits per heavy atom. The van der Waals surface area contributed by atoms with E-state index in [0.29, 0.717) is 24.6 Å². The number of carbonyl (C=O) groups excluding carboxylic acids is 2. The van der Waals surface area contributed by atoms with Crippen LogP contribution in [0.25, 0.3) is 0 Å². The van der Waals surface area contributed by atoms with Crippen molar-refractivity contribution in [2.24, 2.45) is 0 Å². The van der Waals surface area contributed by atoms with Gasteiger partial charge in [0.05, 0.1) is 19.1 Å². The van der Waals surface area contributed by atoms with E-state index in [1.807, 2.05) is 24.3 Å². The van der Waals surface area contributed by atoms with Crippen LogP contribution in [0.5, 0.6) is 0 Å². The van der Waals surface area contributed by atoms with Gasteiger partial charge in [-0.2, -0.15) is 0 Å². The Hall–Kier alpha value is -1.92. The number of ether oxygens (including phenoxy) is 1. The molecule has 6 nitrogen and oxygen atoms in total. The van der Waals surface area contributed by atoms with Gasteiger partial charge in [0.1, 0.15) is 0 Å². The molecule has 6 heteroatoms. The second kappa shape index (κ2) is 8.21. The molecule has 2 heterocycles. The molecule has 0 aromatic heterocycles. The maximum Gasteiger partial charge on any atom is 0.251 e. The summed E-state index contributed by atoms with van der Waals surface area (Å²) in [5, 5.41) is 3.17. The van der Waals surface area contributed by atoms with Gasteiger partial charge in [0.25, 0.3) is 5.91 Å². The molecule has 2 aliphatic rings. The molecule has 1 N–H and O–H groups in total. The number of benzene rings is 1. The zero-order chi connectivity index (χ0) is 20.5. The quantitative estimate of drug-likeness (QED) is 0.859. The molecule has 0 radical (unpaired) electrons. The van der Waals surface area contributed by atoms with Crippen LogP contribution in [0, 0.1) is 0 Å². The first kappa shape index (κ1) is 20.8. The summed E-state index contributed by atoms with van der Waals surface area (Å²) in [6.07, 6.45) is 1.23. The van der Waals surface area contributed by atoms with E-state index < -0.39 is 0 Å². The molecule has 0 saturated carbocycles. The maximum atomic E-state index is 12.6. The van der Waals surface area contributed by atoms with Gasteiger partial charge in [-0.15, -0.1) is 0 Å². The van der Waals surface area contributed by atoms with E-state index >= 15 is 0 Å². The van der Waals surface area contributed by atoms with Crippen LogP contribution in [0.2, 0.25) is 0 Å². The summed E-state index contributed by atoms with van der Waals surface area (Å²) in [5.74, 6) is 0.0664. The normalized spacial score (nSPS) is 25.2. The number of hydrogen-bond acceptors (Lipinski definition) is 4. The van der Waals surface area contributed by atoms with Crippen molar-refractivity contribution in [2.75, 3.05) is 33.8 Å². The number of amides is 2. The molecule has 1 aromatic carbocycles. The minimum Gasteiger partial charge on any atom is -0.375 e. The monoisotopic (exact) mass is 387 g/mol. The van der Waals surface area contributed by atoms with Crippen molar-refractivity contribution in [2.45, 2.75) is 57.2 Å². The van der Waals surface area contributed by atoms with Crippen LogP contribution in [0.1, 0.15) is 49.5 Å². The first-order chi connectivity index (χ1) is 13.1. The lowest BCUT2D eigenvalue weighted by Crippen LogP contribution is -2.47. The van der Waals surface area contributed by atoms with Crippen molar-refractivity contribution < 1.29 is 14.3 Å². The van der Waals surface area contributed by atoms with Crippen molar-refractivity contribution in [3.8, 4) is 0 Å². The molecule has 154 valence electrons. The molecule has 0 aliphatic carbocycles. The van der Waals surface area contributed by atoms with Gasteiger partial charge in [-0.05, 0) is 29.5 Å². The number of nitrogens with one attached hydrogen (secondary N) is 1. The van der Waals surface area contributed by atoms with E-state index in [-0.39, 0.29) is 29.4 Å². The Bertz CT molecular complexity index is 709. The Labute approximate surface area is 168 Å². The minimum absolute atomic E-state index is 0.0226. The van der Waals surface area contributed by atoms with Gasteiger partial charge in [-0.3, -0.25) is 14.5 Å². The van der Waals surface area contributed by atoms with E-state index in [4.69, 9.17) is 4.74 Å². The number of nitrogens with zero attached hydrogens (tertiary/aromatic N) is 2. The average Bonchev–Trinajstić information content (AvgIpc) is 3.02. The molecule has 0 bridgehead atoms. The lowest BCUT2D eigenvalue weighted by Gasteiger charge is -2.35. The van der Waals surface area contributed by atoms with Crippen LogP contribution >= 0.6 is 0 Å². The summed E-state index contributed by atoms with van der Waals surface area (Å²) in [6.45, 7) is 8.68. The van der Waals surface area contributed by atoms with Crippen LogP contribution < -0.4 is 5.32 Å². The average molecular weight is 388 g/mol. The van der Waals surface area contributed by atoms with Crippen LogP contribution in [-0.4, -0.2) is 73.6 Å². The fourth-order valence-corrected chi connectivity index (χ4v) is 3.94. The fraction of sp³-hybridized carbons (Fsp3) is 0.636. The molecular formula is C22H33N3O3. The van der Waals surface area contributed by atoms with Gasteiger partial charge in [-0.25, -0.2) is 0 Å².